The molecule has 0 heterocycles. The Morgan fingerprint density at radius 1 is 1.60 bits per heavy atom. The molecule has 0 saturated heterocycles. The van der Waals surface area contributed by atoms with Crippen molar-refractivity contribution in [3.63, 3.8) is 0 Å². The molecule has 0 aromatic rings. The molecule has 1 unspecified atom stereocenters. The zero-order chi connectivity index (χ0) is 7.78. The summed E-state index contributed by atoms with van der Waals surface area (Å²) in [4.78, 5) is 11.4. The quantitative estimate of drug-likeness (QED) is 0.581. The van der Waals surface area contributed by atoms with Gasteiger partial charge in [0.25, 0.3) is 0 Å². The standard InChI is InChI=1S/C8H14OS/c1-8(2)5-4-6(10-3)7(8)9/h6H,4-5H2,1-3H3. The monoisotopic (exact) mass is 158 g/mol. The molecule has 0 aromatic carbocycles. The van der Waals surface area contributed by atoms with Crippen LogP contribution in [-0.2, 0) is 4.79 Å². The van der Waals surface area contributed by atoms with Gasteiger partial charge >= 0.3 is 0 Å². The van der Waals surface area contributed by atoms with Gasteiger partial charge < -0.3 is 0 Å². The molecule has 0 aromatic heterocycles. The Balaban J connectivity index is 2.67. The highest BCUT2D eigenvalue weighted by Gasteiger charge is 2.39. The smallest absolute Gasteiger partial charge is 0.151 e. The Hall–Kier alpha value is 0.0200. The van der Waals surface area contributed by atoms with E-state index in [1.807, 2.05) is 20.1 Å². The second-order valence-electron chi connectivity index (χ2n) is 3.51. The number of carbonyl (C=O) groups excluding carboxylic acids is 1. The number of hydrogen-bond acceptors (Lipinski definition) is 2. The molecule has 0 bridgehead atoms. The molecule has 1 rings (SSSR count). The minimum Gasteiger partial charge on any atom is -0.298 e. The number of carbonyl (C=O) groups is 1. The van der Waals surface area contributed by atoms with Crippen molar-refractivity contribution < 1.29 is 4.79 Å². The van der Waals surface area contributed by atoms with Crippen molar-refractivity contribution >= 4 is 17.5 Å². The van der Waals surface area contributed by atoms with Crippen LogP contribution in [-0.4, -0.2) is 17.3 Å². The van der Waals surface area contributed by atoms with Gasteiger partial charge in [-0.25, -0.2) is 0 Å². The molecule has 0 amide bonds. The molecule has 1 saturated carbocycles. The van der Waals surface area contributed by atoms with Crippen LogP contribution in [0.2, 0.25) is 0 Å². The summed E-state index contributed by atoms with van der Waals surface area (Å²) in [5.74, 6) is 0.444. The highest BCUT2D eigenvalue weighted by molar-refractivity contribution is 7.99. The van der Waals surface area contributed by atoms with E-state index in [4.69, 9.17) is 0 Å². The van der Waals surface area contributed by atoms with Crippen molar-refractivity contribution in [3.05, 3.63) is 0 Å². The maximum Gasteiger partial charge on any atom is 0.151 e. The molecule has 58 valence electrons. The van der Waals surface area contributed by atoms with Crippen LogP contribution in [0.3, 0.4) is 0 Å². The largest absolute Gasteiger partial charge is 0.298 e. The number of Topliss-reactive ketones (excluding diaryl/α,β-unsaturated/α-hetero) is 1. The molecular formula is C8H14OS. The van der Waals surface area contributed by atoms with Crippen molar-refractivity contribution in [1.82, 2.24) is 0 Å². The fraction of sp³-hybridized carbons (Fsp3) is 0.875. The van der Waals surface area contributed by atoms with E-state index in [0.717, 1.165) is 12.8 Å². The average Bonchev–Trinajstić information content (AvgIpc) is 2.10. The van der Waals surface area contributed by atoms with Crippen LogP contribution in [0, 0.1) is 5.41 Å². The van der Waals surface area contributed by atoms with Gasteiger partial charge in [-0.05, 0) is 19.1 Å². The zero-order valence-corrected chi connectivity index (χ0v) is 7.62. The van der Waals surface area contributed by atoms with Crippen LogP contribution in [0.4, 0.5) is 0 Å². The summed E-state index contributed by atoms with van der Waals surface area (Å²) >= 11 is 1.69. The summed E-state index contributed by atoms with van der Waals surface area (Å²) in [7, 11) is 0. The minimum atomic E-state index is -0.0341. The maximum atomic E-state index is 11.4. The summed E-state index contributed by atoms with van der Waals surface area (Å²) in [5, 5.41) is 0.287. The fourth-order valence-electron chi connectivity index (χ4n) is 1.41. The Morgan fingerprint density at radius 3 is 2.40 bits per heavy atom. The topological polar surface area (TPSA) is 17.1 Å². The van der Waals surface area contributed by atoms with Gasteiger partial charge in [0.1, 0.15) is 0 Å². The van der Waals surface area contributed by atoms with Gasteiger partial charge in [0.2, 0.25) is 0 Å². The lowest BCUT2D eigenvalue weighted by molar-refractivity contribution is -0.123. The zero-order valence-electron chi connectivity index (χ0n) is 6.81. The lowest BCUT2D eigenvalue weighted by Crippen LogP contribution is -2.22. The van der Waals surface area contributed by atoms with Gasteiger partial charge in [0, 0.05) is 5.41 Å². The SMILES string of the molecule is CSC1CCC(C)(C)C1=O. The van der Waals surface area contributed by atoms with E-state index in [0.29, 0.717) is 5.78 Å². The van der Waals surface area contributed by atoms with Crippen LogP contribution in [0.5, 0.6) is 0 Å². The third-order valence-electron chi connectivity index (χ3n) is 2.28. The van der Waals surface area contributed by atoms with Gasteiger partial charge in [0.05, 0.1) is 5.25 Å². The van der Waals surface area contributed by atoms with E-state index in [2.05, 4.69) is 0 Å². The molecule has 0 aliphatic heterocycles. The molecule has 1 nitrogen and oxygen atoms in total. The van der Waals surface area contributed by atoms with Gasteiger partial charge in [-0.2, -0.15) is 11.8 Å². The molecule has 2 heteroatoms. The van der Waals surface area contributed by atoms with Gasteiger partial charge in [-0.1, -0.05) is 13.8 Å². The first-order chi connectivity index (χ1) is 4.58. The maximum absolute atomic E-state index is 11.4. The molecular weight excluding hydrogens is 144 g/mol. The van der Waals surface area contributed by atoms with Crippen LogP contribution < -0.4 is 0 Å². The van der Waals surface area contributed by atoms with Crippen molar-refractivity contribution in [2.45, 2.75) is 31.9 Å². The number of rotatable bonds is 1. The fourth-order valence-corrected chi connectivity index (χ4v) is 2.29. The average molecular weight is 158 g/mol. The second kappa shape index (κ2) is 2.57. The Kier molecular flexibility index (Phi) is 2.09. The lowest BCUT2D eigenvalue weighted by Gasteiger charge is -2.14. The first-order valence-corrected chi connectivity index (χ1v) is 4.94. The first kappa shape index (κ1) is 8.12. The Morgan fingerprint density at radius 2 is 2.20 bits per heavy atom. The molecule has 1 atom stereocenters. The molecule has 10 heavy (non-hydrogen) atoms. The van der Waals surface area contributed by atoms with Gasteiger partial charge in [0.15, 0.2) is 5.78 Å². The van der Waals surface area contributed by atoms with E-state index >= 15 is 0 Å². The van der Waals surface area contributed by atoms with E-state index in [9.17, 15) is 4.79 Å². The summed E-state index contributed by atoms with van der Waals surface area (Å²) in [6.07, 6.45) is 4.16. The molecule has 1 aliphatic carbocycles. The highest BCUT2D eigenvalue weighted by atomic mass is 32.2. The summed E-state index contributed by atoms with van der Waals surface area (Å²) in [6.45, 7) is 4.09. The van der Waals surface area contributed by atoms with Crippen LogP contribution >= 0.6 is 11.8 Å². The van der Waals surface area contributed by atoms with Gasteiger partial charge in [-0.3, -0.25) is 4.79 Å². The van der Waals surface area contributed by atoms with Gasteiger partial charge in [-0.15, -0.1) is 0 Å². The molecule has 0 spiro atoms. The van der Waals surface area contributed by atoms with E-state index < -0.39 is 0 Å². The summed E-state index contributed by atoms with van der Waals surface area (Å²) in [6, 6.07) is 0. The van der Waals surface area contributed by atoms with Crippen LogP contribution in [0.25, 0.3) is 0 Å². The third-order valence-corrected chi connectivity index (χ3v) is 3.29. The van der Waals surface area contributed by atoms with E-state index in [1.54, 1.807) is 11.8 Å². The van der Waals surface area contributed by atoms with Crippen LogP contribution in [0.1, 0.15) is 26.7 Å². The molecule has 1 fully saturated rings. The number of thioether (sulfide) groups is 1. The van der Waals surface area contributed by atoms with Crippen molar-refractivity contribution in [3.8, 4) is 0 Å². The third kappa shape index (κ3) is 1.22. The predicted octanol–water partition coefficient (Wildman–Crippen LogP) is 2.11. The van der Waals surface area contributed by atoms with Crippen molar-refractivity contribution in [1.29, 1.82) is 0 Å². The molecule has 1 aliphatic rings. The number of hydrogen-bond donors (Lipinski definition) is 0. The normalized spacial score (nSPS) is 31.1. The Bertz CT molecular complexity index is 151. The molecule has 0 N–H and O–H groups in total. The highest BCUT2D eigenvalue weighted by Crippen LogP contribution is 2.38. The molecule has 0 radical (unpaired) electrons. The Labute approximate surface area is 66.6 Å². The van der Waals surface area contributed by atoms with Crippen LogP contribution in [0.15, 0.2) is 0 Å². The number of ketones is 1. The first-order valence-electron chi connectivity index (χ1n) is 3.65. The summed E-state index contributed by atoms with van der Waals surface area (Å²) in [5.41, 5.74) is -0.0341. The minimum absolute atomic E-state index is 0.0341. The second-order valence-corrected chi connectivity index (χ2v) is 4.55. The summed E-state index contributed by atoms with van der Waals surface area (Å²) < 4.78 is 0. The van der Waals surface area contributed by atoms with Crippen molar-refractivity contribution in [2.75, 3.05) is 6.26 Å². The van der Waals surface area contributed by atoms with E-state index in [1.165, 1.54) is 0 Å². The van der Waals surface area contributed by atoms with Crippen molar-refractivity contribution in [2.24, 2.45) is 5.41 Å². The predicted molar refractivity (Wildman–Crippen MR) is 45.3 cm³/mol. The van der Waals surface area contributed by atoms with E-state index in [-0.39, 0.29) is 10.7 Å². The lowest BCUT2D eigenvalue weighted by atomic mass is 9.91.